The van der Waals surface area contributed by atoms with E-state index in [0.717, 1.165) is 29.9 Å². The quantitative estimate of drug-likeness (QED) is 0.904. The maximum atomic E-state index is 8.93. The minimum absolute atomic E-state index is 0.555. The molecule has 0 aliphatic carbocycles. The molecule has 0 saturated heterocycles. The lowest BCUT2D eigenvalue weighted by Gasteiger charge is -2.08. The Morgan fingerprint density at radius 2 is 1.95 bits per heavy atom. The zero-order valence-corrected chi connectivity index (χ0v) is 11.7. The first-order chi connectivity index (χ1) is 9.72. The molecule has 102 valence electrons. The van der Waals surface area contributed by atoms with Crippen LogP contribution >= 0.6 is 0 Å². The van der Waals surface area contributed by atoms with Gasteiger partial charge in [-0.15, -0.1) is 0 Å². The molecule has 2 aromatic rings. The molecule has 0 aliphatic rings. The summed E-state index contributed by atoms with van der Waals surface area (Å²) < 4.78 is 5.19. The number of pyridine rings is 1. The number of rotatable bonds is 5. The summed E-state index contributed by atoms with van der Waals surface area (Å²) in [5.74, 6) is 0.615. The lowest BCUT2D eigenvalue weighted by atomic mass is 10.1. The fraction of sp³-hybridized carbons (Fsp3) is 0.250. The van der Waals surface area contributed by atoms with E-state index in [9.17, 15) is 0 Å². The van der Waals surface area contributed by atoms with Gasteiger partial charge in [0.05, 0.1) is 12.7 Å². The van der Waals surface area contributed by atoms with Crippen molar-refractivity contribution in [2.24, 2.45) is 0 Å². The SMILES string of the molecule is COc1cc(CNCc2ccc(C)nc2)ccc1C#N. The monoisotopic (exact) mass is 267 g/mol. The van der Waals surface area contributed by atoms with Gasteiger partial charge in [-0.05, 0) is 36.2 Å². The third-order valence-corrected chi connectivity index (χ3v) is 3.02. The zero-order chi connectivity index (χ0) is 14.4. The largest absolute Gasteiger partial charge is 0.495 e. The van der Waals surface area contributed by atoms with Crippen molar-refractivity contribution >= 4 is 0 Å². The Labute approximate surface area is 119 Å². The molecule has 0 amide bonds. The molecule has 20 heavy (non-hydrogen) atoms. The van der Waals surface area contributed by atoms with Crippen LogP contribution in [0.1, 0.15) is 22.4 Å². The fourth-order valence-electron chi connectivity index (χ4n) is 1.89. The standard InChI is InChI=1S/C16H17N3O/c1-12-3-4-14(11-19-12)10-18-9-13-5-6-15(8-17)16(7-13)20-2/h3-7,11,18H,9-10H2,1-2H3. The number of nitrogens with one attached hydrogen (secondary N) is 1. The van der Waals surface area contributed by atoms with Crippen LogP contribution in [0.2, 0.25) is 0 Å². The topological polar surface area (TPSA) is 57.9 Å². The first-order valence-electron chi connectivity index (χ1n) is 6.42. The molecule has 1 heterocycles. The summed E-state index contributed by atoms with van der Waals surface area (Å²) >= 11 is 0. The minimum Gasteiger partial charge on any atom is -0.495 e. The Bertz CT molecular complexity index is 615. The highest BCUT2D eigenvalue weighted by Gasteiger charge is 2.03. The molecule has 0 bridgehead atoms. The number of benzene rings is 1. The van der Waals surface area contributed by atoms with Gasteiger partial charge in [0.25, 0.3) is 0 Å². The summed E-state index contributed by atoms with van der Waals surface area (Å²) in [6.07, 6.45) is 1.88. The molecule has 0 spiro atoms. The number of nitriles is 1. The van der Waals surface area contributed by atoms with Crippen LogP contribution < -0.4 is 10.1 Å². The molecule has 4 heteroatoms. The van der Waals surface area contributed by atoms with Crippen molar-refractivity contribution in [3.8, 4) is 11.8 Å². The second kappa shape index (κ2) is 6.69. The number of ether oxygens (including phenoxy) is 1. The third-order valence-electron chi connectivity index (χ3n) is 3.02. The van der Waals surface area contributed by atoms with Crippen molar-refractivity contribution in [3.63, 3.8) is 0 Å². The van der Waals surface area contributed by atoms with Gasteiger partial charge in [-0.3, -0.25) is 4.98 Å². The number of hydrogen-bond donors (Lipinski definition) is 1. The second-order valence-corrected chi connectivity index (χ2v) is 4.56. The molecular weight excluding hydrogens is 250 g/mol. The van der Waals surface area contributed by atoms with E-state index in [1.165, 1.54) is 0 Å². The van der Waals surface area contributed by atoms with Gasteiger partial charge in [0.2, 0.25) is 0 Å². The molecule has 4 nitrogen and oxygen atoms in total. The summed E-state index contributed by atoms with van der Waals surface area (Å²) in [6.45, 7) is 3.45. The van der Waals surface area contributed by atoms with Crippen LogP contribution in [0.3, 0.4) is 0 Å². The normalized spacial score (nSPS) is 10.1. The Morgan fingerprint density at radius 3 is 2.60 bits per heavy atom. The maximum Gasteiger partial charge on any atom is 0.136 e. The van der Waals surface area contributed by atoms with Crippen molar-refractivity contribution in [1.29, 1.82) is 5.26 Å². The summed E-state index contributed by atoms with van der Waals surface area (Å²) in [4.78, 5) is 4.26. The molecule has 1 aromatic carbocycles. The molecule has 2 rings (SSSR count). The predicted molar refractivity (Wildman–Crippen MR) is 77.2 cm³/mol. The van der Waals surface area contributed by atoms with Crippen molar-refractivity contribution in [1.82, 2.24) is 10.3 Å². The third kappa shape index (κ3) is 3.56. The number of hydrogen-bond acceptors (Lipinski definition) is 4. The smallest absolute Gasteiger partial charge is 0.136 e. The van der Waals surface area contributed by atoms with Gasteiger partial charge in [0.15, 0.2) is 0 Å². The Balaban J connectivity index is 1.94. The molecule has 0 radical (unpaired) electrons. The summed E-state index contributed by atoms with van der Waals surface area (Å²) in [5, 5.41) is 12.3. The average Bonchev–Trinajstić information content (AvgIpc) is 2.49. The molecule has 1 N–H and O–H groups in total. The highest BCUT2D eigenvalue weighted by atomic mass is 16.5. The molecule has 0 saturated carbocycles. The van der Waals surface area contributed by atoms with E-state index in [1.54, 1.807) is 13.2 Å². The number of methoxy groups -OCH3 is 1. The molecular formula is C16H17N3O. The maximum absolute atomic E-state index is 8.93. The van der Waals surface area contributed by atoms with Gasteiger partial charge < -0.3 is 10.1 Å². The van der Waals surface area contributed by atoms with Crippen LogP contribution in [0.4, 0.5) is 0 Å². The van der Waals surface area contributed by atoms with Crippen molar-refractivity contribution in [3.05, 3.63) is 58.9 Å². The number of nitrogens with zero attached hydrogens (tertiary/aromatic N) is 2. The van der Waals surface area contributed by atoms with Crippen molar-refractivity contribution < 1.29 is 4.74 Å². The van der Waals surface area contributed by atoms with E-state index < -0.39 is 0 Å². The predicted octanol–water partition coefficient (Wildman–Crippen LogP) is 2.56. The lowest BCUT2D eigenvalue weighted by Crippen LogP contribution is -2.13. The van der Waals surface area contributed by atoms with Gasteiger partial charge >= 0.3 is 0 Å². The zero-order valence-electron chi connectivity index (χ0n) is 11.7. The van der Waals surface area contributed by atoms with Crippen LogP contribution in [-0.2, 0) is 13.1 Å². The van der Waals surface area contributed by atoms with Gasteiger partial charge in [-0.25, -0.2) is 0 Å². The van der Waals surface area contributed by atoms with Gasteiger partial charge in [-0.1, -0.05) is 12.1 Å². The van der Waals surface area contributed by atoms with E-state index in [-0.39, 0.29) is 0 Å². The molecule has 0 aliphatic heterocycles. The summed E-state index contributed by atoms with van der Waals surface area (Å²) in [7, 11) is 1.57. The highest BCUT2D eigenvalue weighted by Crippen LogP contribution is 2.19. The van der Waals surface area contributed by atoms with Crippen molar-refractivity contribution in [2.75, 3.05) is 7.11 Å². The van der Waals surface area contributed by atoms with Gasteiger partial charge in [0, 0.05) is 25.0 Å². The number of aromatic nitrogens is 1. The lowest BCUT2D eigenvalue weighted by molar-refractivity contribution is 0.412. The second-order valence-electron chi connectivity index (χ2n) is 4.56. The first-order valence-corrected chi connectivity index (χ1v) is 6.42. The van der Waals surface area contributed by atoms with Crippen LogP contribution in [0.15, 0.2) is 36.5 Å². The number of aryl methyl sites for hydroxylation is 1. The Hall–Kier alpha value is -2.38. The summed E-state index contributed by atoms with van der Waals surface area (Å²) in [6, 6.07) is 11.8. The highest BCUT2D eigenvalue weighted by molar-refractivity contribution is 5.45. The molecule has 0 fully saturated rings. The van der Waals surface area contributed by atoms with Gasteiger partial charge in [-0.2, -0.15) is 5.26 Å². The first kappa shape index (κ1) is 14.0. The van der Waals surface area contributed by atoms with Crippen LogP contribution in [0.5, 0.6) is 5.75 Å². The summed E-state index contributed by atoms with van der Waals surface area (Å²) in [5.41, 5.74) is 3.81. The average molecular weight is 267 g/mol. The van der Waals surface area contributed by atoms with Crippen molar-refractivity contribution in [2.45, 2.75) is 20.0 Å². The van der Waals surface area contributed by atoms with E-state index in [4.69, 9.17) is 10.00 Å². The molecule has 0 unspecified atom stereocenters. The molecule has 0 atom stereocenters. The van der Waals surface area contributed by atoms with E-state index >= 15 is 0 Å². The van der Waals surface area contributed by atoms with Gasteiger partial charge in [0.1, 0.15) is 11.8 Å². The van der Waals surface area contributed by atoms with E-state index in [2.05, 4.69) is 22.4 Å². The minimum atomic E-state index is 0.555. The van der Waals surface area contributed by atoms with Crippen LogP contribution in [0, 0.1) is 18.3 Å². The fourth-order valence-corrected chi connectivity index (χ4v) is 1.89. The van der Waals surface area contributed by atoms with E-state index in [1.807, 2.05) is 31.3 Å². The van der Waals surface area contributed by atoms with Crippen LogP contribution in [0.25, 0.3) is 0 Å². The molecule has 1 aromatic heterocycles. The van der Waals surface area contributed by atoms with E-state index in [0.29, 0.717) is 11.3 Å². The Morgan fingerprint density at radius 1 is 1.20 bits per heavy atom. The Kier molecular flexibility index (Phi) is 4.70. The van der Waals surface area contributed by atoms with Crippen LogP contribution in [-0.4, -0.2) is 12.1 Å².